The molecule has 26 heavy (non-hydrogen) atoms. The van der Waals surface area contributed by atoms with Gasteiger partial charge in [-0.15, -0.1) is 0 Å². The average molecular weight is 374 g/mol. The van der Waals surface area contributed by atoms with Crippen molar-refractivity contribution in [2.24, 2.45) is 5.92 Å². The molecule has 0 bridgehead atoms. The molecule has 5 nitrogen and oxygen atoms in total. The lowest BCUT2D eigenvalue weighted by Gasteiger charge is -2.34. The first-order valence-electron chi connectivity index (χ1n) is 8.52. The molecule has 1 atom stereocenters. The lowest BCUT2D eigenvalue weighted by molar-refractivity contribution is 0.0462. The number of nitrogens with zero attached hydrogens (tertiary/aromatic N) is 1. The Balaban J connectivity index is 1.59. The van der Waals surface area contributed by atoms with E-state index in [-0.39, 0.29) is 17.4 Å². The van der Waals surface area contributed by atoms with Crippen LogP contribution in [0.5, 0.6) is 0 Å². The van der Waals surface area contributed by atoms with Crippen LogP contribution < -0.4 is 0 Å². The molecular formula is C20H20ClNO4. The number of likely N-dealkylation sites (tertiary alicyclic amines) is 1. The van der Waals surface area contributed by atoms with Crippen LogP contribution >= 0.6 is 11.6 Å². The molecule has 1 saturated heterocycles. The van der Waals surface area contributed by atoms with Crippen molar-refractivity contribution in [2.75, 3.05) is 13.1 Å². The third-order valence-corrected chi connectivity index (χ3v) is 5.12. The van der Waals surface area contributed by atoms with Gasteiger partial charge in [0, 0.05) is 23.7 Å². The number of carboxylic acids is 1. The number of benzene rings is 2. The number of carbonyl (C=O) groups excluding carboxylic acids is 1. The highest BCUT2D eigenvalue weighted by atomic mass is 35.5. The summed E-state index contributed by atoms with van der Waals surface area (Å²) >= 11 is 5.88. The molecule has 1 amide bonds. The standard InChI is InChI=1S/C20H20ClNO4/c21-17-7-5-13(6-8-17)18(23)14-9-11-22(12-10-14)19(24)15-1-3-16(4-2-15)20(25)26/h1-8,14,18,23H,9-12H2,(H,25,26)/t18-/m1/s1. The first-order chi connectivity index (χ1) is 12.5. The molecule has 1 fully saturated rings. The minimum Gasteiger partial charge on any atom is -0.478 e. The van der Waals surface area contributed by atoms with Crippen molar-refractivity contribution in [3.63, 3.8) is 0 Å². The fourth-order valence-corrected chi connectivity index (χ4v) is 3.41. The Kier molecular flexibility index (Phi) is 5.59. The molecule has 136 valence electrons. The molecule has 0 unspecified atom stereocenters. The smallest absolute Gasteiger partial charge is 0.335 e. The number of halogens is 1. The van der Waals surface area contributed by atoms with Crippen molar-refractivity contribution in [1.29, 1.82) is 0 Å². The molecule has 0 aliphatic carbocycles. The van der Waals surface area contributed by atoms with Gasteiger partial charge >= 0.3 is 5.97 Å². The first kappa shape index (κ1) is 18.4. The van der Waals surface area contributed by atoms with Gasteiger partial charge in [-0.05, 0) is 60.7 Å². The van der Waals surface area contributed by atoms with Crippen molar-refractivity contribution < 1.29 is 19.8 Å². The molecule has 0 spiro atoms. The Morgan fingerprint density at radius 1 is 0.962 bits per heavy atom. The third kappa shape index (κ3) is 4.06. The van der Waals surface area contributed by atoms with Crippen LogP contribution in [0.2, 0.25) is 5.02 Å². The predicted octanol–water partition coefficient (Wildman–Crippen LogP) is 3.62. The quantitative estimate of drug-likeness (QED) is 0.857. The number of hydrogen-bond acceptors (Lipinski definition) is 3. The van der Waals surface area contributed by atoms with E-state index in [4.69, 9.17) is 16.7 Å². The van der Waals surface area contributed by atoms with E-state index in [1.807, 2.05) is 12.1 Å². The molecule has 1 aliphatic heterocycles. The molecule has 0 radical (unpaired) electrons. The van der Waals surface area contributed by atoms with Gasteiger partial charge < -0.3 is 15.1 Å². The maximum absolute atomic E-state index is 12.6. The highest BCUT2D eigenvalue weighted by molar-refractivity contribution is 6.30. The SMILES string of the molecule is O=C(O)c1ccc(C(=O)N2CCC([C@H](O)c3ccc(Cl)cc3)CC2)cc1. The highest BCUT2D eigenvalue weighted by Crippen LogP contribution is 2.31. The van der Waals surface area contributed by atoms with Crippen LogP contribution in [0, 0.1) is 5.92 Å². The van der Waals surface area contributed by atoms with E-state index in [1.54, 1.807) is 29.2 Å². The number of piperidine rings is 1. The van der Waals surface area contributed by atoms with Crippen molar-refractivity contribution in [3.8, 4) is 0 Å². The van der Waals surface area contributed by atoms with Crippen LogP contribution in [0.25, 0.3) is 0 Å². The minimum absolute atomic E-state index is 0.0922. The Morgan fingerprint density at radius 3 is 2.04 bits per heavy atom. The predicted molar refractivity (Wildman–Crippen MR) is 98.4 cm³/mol. The van der Waals surface area contributed by atoms with Crippen LogP contribution in [0.15, 0.2) is 48.5 Å². The fourth-order valence-electron chi connectivity index (χ4n) is 3.29. The lowest BCUT2D eigenvalue weighted by atomic mass is 9.87. The maximum Gasteiger partial charge on any atom is 0.335 e. The summed E-state index contributed by atoms with van der Waals surface area (Å²) in [5, 5.41) is 20.1. The average Bonchev–Trinajstić information content (AvgIpc) is 2.67. The van der Waals surface area contributed by atoms with Gasteiger partial charge in [0.2, 0.25) is 0 Å². The zero-order valence-corrected chi connectivity index (χ0v) is 14.9. The largest absolute Gasteiger partial charge is 0.478 e. The number of aliphatic hydroxyl groups excluding tert-OH is 1. The first-order valence-corrected chi connectivity index (χ1v) is 8.89. The molecule has 2 N–H and O–H groups in total. The summed E-state index contributed by atoms with van der Waals surface area (Å²) in [4.78, 5) is 25.2. The summed E-state index contributed by atoms with van der Waals surface area (Å²) in [7, 11) is 0. The summed E-state index contributed by atoms with van der Waals surface area (Å²) in [5.41, 5.74) is 1.47. The minimum atomic E-state index is -1.01. The zero-order valence-electron chi connectivity index (χ0n) is 14.1. The maximum atomic E-state index is 12.6. The van der Waals surface area contributed by atoms with Gasteiger partial charge in [-0.3, -0.25) is 4.79 Å². The van der Waals surface area contributed by atoms with Gasteiger partial charge in [0.25, 0.3) is 5.91 Å². The number of amides is 1. The van der Waals surface area contributed by atoms with Gasteiger partial charge in [0.05, 0.1) is 11.7 Å². The van der Waals surface area contributed by atoms with E-state index >= 15 is 0 Å². The van der Waals surface area contributed by atoms with Gasteiger partial charge in [-0.2, -0.15) is 0 Å². The van der Waals surface area contributed by atoms with E-state index in [0.717, 1.165) is 5.56 Å². The molecule has 0 aromatic heterocycles. The van der Waals surface area contributed by atoms with E-state index in [0.29, 0.717) is 36.5 Å². The molecule has 1 heterocycles. The molecule has 2 aromatic carbocycles. The summed E-state index contributed by atoms with van der Waals surface area (Å²) < 4.78 is 0. The van der Waals surface area contributed by atoms with E-state index in [9.17, 15) is 14.7 Å². The van der Waals surface area contributed by atoms with Crippen molar-refractivity contribution >= 4 is 23.5 Å². The normalized spacial score (nSPS) is 16.3. The van der Waals surface area contributed by atoms with Crippen LogP contribution in [0.1, 0.15) is 45.2 Å². The summed E-state index contributed by atoms with van der Waals surface area (Å²) in [6.45, 7) is 1.13. The Hall–Kier alpha value is -2.37. The van der Waals surface area contributed by atoms with E-state index in [2.05, 4.69) is 0 Å². The van der Waals surface area contributed by atoms with Gasteiger partial charge in [-0.25, -0.2) is 4.79 Å². The number of carbonyl (C=O) groups is 2. The molecule has 6 heteroatoms. The topological polar surface area (TPSA) is 77.8 Å². The summed E-state index contributed by atoms with van der Waals surface area (Å²) in [6, 6.07) is 13.1. The van der Waals surface area contributed by atoms with Crippen LogP contribution in [0.3, 0.4) is 0 Å². The number of aromatic carboxylic acids is 1. The third-order valence-electron chi connectivity index (χ3n) is 4.86. The molecule has 1 aliphatic rings. The molecule has 3 rings (SSSR count). The van der Waals surface area contributed by atoms with E-state index in [1.165, 1.54) is 12.1 Å². The van der Waals surface area contributed by atoms with Gasteiger partial charge in [0.15, 0.2) is 0 Å². The number of rotatable bonds is 4. The highest BCUT2D eigenvalue weighted by Gasteiger charge is 2.28. The van der Waals surface area contributed by atoms with E-state index < -0.39 is 12.1 Å². The fraction of sp³-hybridized carbons (Fsp3) is 0.300. The summed E-state index contributed by atoms with van der Waals surface area (Å²) in [6.07, 6.45) is 0.852. The Labute approximate surface area is 156 Å². The molecule has 0 saturated carbocycles. The van der Waals surface area contributed by atoms with Gasteiger partial charge in [-0.1, -0.05) is 23.7 Å². The molecular weight excluding hydrogens is 354 g/mol. The second-order valence-corrected chi connectivity index (χ2v) is 6.94. The van der Waals surface area contributed by atoms with Crippen LogP contribution in [0.4, 0.5) is 0 Å². The number of carboxylic acid groups (broad SMARTS) is 1. The Morgan fingerprint density at radius 2 is 1.50 bits per heavy atom. The lowest BCUT2D eigenvalue weighted by Crippen LogP contribution is -2.39. The molecule has 2 aromatic rings. The summed E-state index contributed by atoms with van der Waals surface area (Å²) in [5.74, 6) is -1.03. The van der Waals surface area contributed by atoms with Crippen molar-refractivity contribution in [1.82, 2.24) is 4.90 Å². The van der Waals surface area contributed by atoms with Crippen molar-refractivity contribution in [3.05, 3.63) is 70.2 Å². The van der Waals surface area contributed by atoms with Crippen LogP contribution in [-0.2, 0) is 0 Å². The van der Waals surface area contributed by atoms with Crippen LogP contribution in [-0.4, -0.2) is 40.1 Å². The number of hydrogen-bond donors (Lipinski definition) is 2. The second-order valence-electron chi connectivity index (χ2n) is 6.51. The zero-order chi connectivity index (χ0) is 18.7. The monoisotopic (exact) mass is 373 g/mol. The second kappa shape index (κ2) is 7.89. The van der Waals surface area contributed by atoms with Crippen molar-refractivity contribution in [2.45, 2.75) is 18.9 Å². The Bertz CT molecular complexity index is 780. The van der Waals surface area contributed by atoms with Gasteiger partial charge in [0.1, 0.15) is 0 Å². The number of aliphatic hydroxyl groups is 1.